The third-order valence-corrected chi connectivity index (χ3v) is 3.21. The van der Waals surface area contributed by atoms with Crippen LogP contribution in [0.5, 0.6) is 0 Å². The lowest BCUT2D eigenvalue weighted by molar-refractivity contribution is -0.120. The molecular weight excluding hydrogens is 164 g/mol. The number of amides is 3. The molecule has 11 heavy (non-hydrogen) atoms. The Bertz CT molecular complexity index is 231. The smallest absolute Gasteiger partial charge is 0.300 e. The molecule has 0 radical (unpaired) electrons. The van der Waals surface area contributed by atoms with Crippen molar-refractivity contribution in [3.8, 4) is 0 Å². The van der Waals surface area contributed by atoms with Gasteiger partial charge in [0.15, 0.2) is 0 Å². The molecule has 2 saturated heterocycles. The van der Waals surface area contributed by atoms with Crippen LogP contribution in [0, 0.1) is 0 Å². The number of carbonyl (C=O) groups is 2. The van der Waals surface area contributed by atoms with Gasteiger partial charge in [0.1, 0.15) is 6.04 Å². The van der Waals surface area contributed by atoms with Crippen molar-refractivity contribution in [1.29, 1.82) is 0 Å². The molecule has 2 rings (SSSR count). The highest BCUT2D eigenvalue weighted by Crippen LogP contribution is 2.31. The predicted molar refractivity (Wildman–Crippen MR) is 41.1 cm³/mol. The highest BCUT2D eigenvalue weighted by Gasteiger charge is 2.45. The maximum absolute atomic E-state index is 11.1. The third kappa shape index (κ3) is 0.837. The minimum atomic E-state index is -0.238. The summed E-state index contributed by atoms with van der Waals surface area (Å²) in [7, 11) is 0. The fourth-order valence-electron chi connectivity index (χ4n) is 1.41. The van der Waals surface area contributed by atoms with Crippen molar-refractivity contribution in [1.82, 2.24) is 10.2 Å². The second-order valence-electron chi connectivity index (χ2n) is 2.65. The first kappa shape index (κ1) is 6.97. The van der Waals surface area contributed by atoms with Crippen molar-refractivity contribution in [2.24, 2.45) is 0 Å². The van der Waals surface area contributed by atoms with Gasteiger partial charge in [-0.3, -0.25) is 15.0 Å². The van der Waals surface area contributed by atoms with Gasteiger partial charge in [-0.1, -0.05) is 0 Å². The zero-order valence-corrected chi connectivity index (χ0v) is 6.85. The fraction of sp³-hybridized carbons (Fsp3) is 0.667. The molecule has 2 aliphatic rings. The maximum Gasteiger partial charge on any atom is 0.325 e. The summed E-state index contributed by atoms with van der Waals surface area (Å²) in [6.45, 7) is 1.93. The molecule has 0 saturated carbocycles. The normalized spacial score (nSPS) is 35.9. The van der Waals surface area contributed by atoms with Crippen LogP contribution in [0.3, 0.4) is 0 Å². The lowest BCUT2D eigenvalue weighted by atomic mass is 10.3. The molecule has 1 unspecified atom stereocenters. The molecule has 3 amide bonds. The zero-order chi connectivity index (χ0) is 8.01. The molecule has 0 bridgehead atoms. The van der Waals surface area contributed by atoms with Gasteiger partial charge in [0, 0.05) is 5.75 Å². The fourth-order valence-corrected chi connectivity index (χ4v) is 2.58. The average Bonchev–Trinajstić information content (AvgIpc) is 2.41. The van der Waals surface area contributed by atoms with Crippen LogP contribution in [0.25, 0.3) is 0 Å². The van der Waals surface area contributed by atoms with Gasteiger partial charge in [0.2, 0.25) is 0 Å². The largest absolute Gasteiger partial charge is 0.325 e. The molecule has 0 spiro atoms. The van der Waals surface area contributed by atoms with Crippen LogP contribution >= 0.6 is 11.8 Å². The Hall–Kier alpha value is -0.710. The van der Waals surface area contributed by atoms with Crippen molar-refractivity contribution >= 4 is 23.7 Å². The summed E-state index contributed by atoms with van der Waals surface area (Å²) in [6.07, 6.45) is 0. The standard InChI is InChI=1S/C6H8N2O2S/c1-3-8-4(2-11-3)5(9)7-6(8)10/h3-4H,2H2,1H3,(H,7,9,10)/t3?,4-/m0/s1. The van der Waals surface area contributed by atoms with Crippen LogP contribution in [0.2, 0.25) is 0 Å². The monoisotopic (exact) mass is 172 g/mol. The number of imide groups is 1. The van der Waals surface area contributed by atoms with E-state index >= 15 is 0 Å². The predicted octanol–water partition coefficient (Wildman–Crippen LogP) is -0.000400. The van der Waals surface area contributed by atoms with E-state index in [1.807, 2.05) is 6.92 Å². The SMILES string of the molecule is CC1SC[C@H]2C(=O)NC(=O)N12. The zero-order valence-electron chi connectivity index (χ0n) is 6.03. The summed E-state index contributed by atoms with van der Waals surface area (Å²) in [5, 5.41) is 2.43. The molecular formula is C6H8N2O2S. The molecule has 0 aromatic carbocycles. The van der Waals surface area contributed by atoms with Crippen molar-refractivity contribution in [2.45, 2.75) is 18.3 Å². The van der Waals surface area contributed by atoms with Crippen molar-refractivity contribution < 1.29 is 9.59 Å². The Labute approximate surface area is 68.3 Å². The number of hydrogen-bond donors (Lipinski definition) is 1. The number of urea groups is 1. The molecule has 2 fully saturated rings. The van der Waals surface area contributed by atoms with Gasteiger partial charge in [-0.25, -0.2) is 4.79 Å². The third-order valence-electron chi connectivity index (χ3n) is 1.99. The van der Waals surface area contributed by atoms with Gasteiger partial charge in [-0.15, -0.1) is 11.8 Å². The van der Waals surface area contributed by atoms with Crippen LogP contribution in [-0.2, 0) is 4.79 Å². The minimum absolute atomic E-state index is 0.145. The number of nitrogens with zero attached hydrogens (tertiary/aromatic N) is 1. The van der Waals surface area contributed by atoms with Gasteiger partial charge in [0.25, 0.3) is 5.91 Å². The summed E-state index contributed by atoms with van der Waals surface area (Å²) < 4.78 is 0. The number of fused-ring (bicyclic) bond motifs is 1. The van der Waals surface area contributed by atoms with Gasteiger partial charge in [-0.2, -0.15) is 0 Å². The van der Waals surface area contributed by atoms with Gasteiger partial charge >= 0.3 is 6.03 Å². The Morgan fingerprint density at radius 3 is 3.00 bits per heavy atom. The van der Waals surface area contributed by atoms with E-state index < -0.39 is 0 Å². The Morgan fingerprint density at radius 2 is 2.36 bits per heavy atom. The molecule has 4 nitrogen and oxygen atoms in total. The van der Waals surface area contributed by atoms with E-state index in [4.69, 9.17) is 0 Å². The van der Waals surface area contributed by atoms with Crippen molar-refractivity contribution in [2.75, 3.05) is 5.75 Å². The Morgan fingerprint density at radius 1 is 1.64 bits per heavy atom. The lowest BCUT2D eigenvalue weighted by Crippen LogP contribution is -2.34. The first-order valence-electron chi connectivity index (χ1n) is 3.45. The van der Waals surface area contributed by atoms with Crippen LogP contribution < -0.4 is 5.32 Å². The molecule has 0 aromatic heterocycles. The second kappa shape index (κ2) is 2.14. The van der Waals surface area contributed by atoms with Crippen LogP contribution in [-0.4, -0.2) is 34.0 Å². The van der Waals surface area contributed by atoms with Gasteiger partial charge in [0.05, 0.1) is 5.37 Å². The number of hydrogen-bond acceptors (Lipinski definition) is 3. The van der Waals surface area contributed by atoms with E-state index in [2.05, 4.69) is 5.32 Å². The van der Waals surface area contributed by atoms with E-state index in [1.54, 1.807) is 16.7 Å². The highest BCUT2D eigenvalue weighted by atomic mass is 32.2. The lowest BCUT2D eigenvalue weighted by Gasteiger charge is -2.15. The second-order valence-corrected chi connectivity index (χ2v) is 4.00. The molecule has 60 valence electrons. The molecule has 2 aliphatic heterocycles. The number of thioether (sulfide) groups is 1. The summed E-state index contributed by atoms with van der Waals surface area (Å²) in [4.78, 5) is 23.7. The first-order valence-corrected chi connectivity index (χ1v) is 4.50. The summed E-state index contributed by atoms with van der Waals surface area (Å²) in [6, 6.07) is -0.444. The first-order chi connectivity index (χ1) is 5.20. The molecule has 0 aromatic rings. The number of rotatable bonds is 0. The van der Waals surface area contributed by atoms with Gasteiger partial charge < -0.3 is 0 Å². The topological polar surface area (TPSA) is 49.4 Å². The van der Waals surface area contributed by atoms with E-state index in [9.17, 15) is 9.59 Å². The van der Waals surface area contributed by atoms with Crippen LogP contribution in [0.15, 0.2) is 0 Å². The molecule has 0 aliphatic carbocycles. The average molecular weight is 172 g/mol. The molecule has 2 atom stereocenters. The summed E-state index contributed by atoms with van der Waals surface area (Å²) in [5.74, 6) is 0.588. The van der Waals surface area contributed by atoms with Crippen LogP contribution in [0.1, 0.15) is 6.92 Å². The minimum Gasteiger partial charge on any atom is -0.300 e. The number of nitrogens with one attached hydrogen (secondary N) is 1. The van der Waals surface area contributed by atoms with E-state index in [-0.39, 0.29) is 23.4 Å². The highest BCUT2D eigenvalue weighted by molar-refractivity contribution is 8.00. The molecule has 1 N–H and O–H groups in total. The molecule has 5 heteroatoms. The van der Waals surface area contributed by atoms with Crippen LogP contribution in [0.4, 0.5) is 4.79 Å². The summed E-state index contributed by atoms with van der Waals surface area (Å²) in [5.41, 5.74) is 0. The Balaban J connectivity index is 2.28. The number of carbonyl (C=O) groups excluding carboxylic acids is 2. The van der Waals surface area contributed by atoms with Crippen molar-refractivity contribution in [3.05, 3.63) is 0 Å². The molecule has 2 heterocycles. The van der Waals surface area contributed by atoms with E-state index in [0.717, 1.165) is 5.75 Å². The van der Waals surface area contributed by atoms with Crippen molar-refractivity contribution in [3.63, 3.8) is 0 Å². The van der Waals surface area contributed by atoms with E-state index in [1.165, 1.54) is 0 Å². The van der Waals surface area contributed by atoms with Gasteiger partial charge in [-0.05, 0) is 6.92 Å². The Kier molecular flexibility index (Phi) is 1.35. The maximum atomic E-state index is 11.1. The van der Waals surface area contributed by atoms with E-state index in [0.29, 0.717) is 0 Å². The quantitative estimate of drug-likeness (QED) is 0.523. The summed E-state index contributed by atoms with van der Waals surface area (Å²) >= 11 is 1.64.